The van der Waals surface area contributed by atoms with Gasteiger partial charge in [0, 0.05) is 38.7 Å². The maximum atomic E-state index is 12.3. The van der Waals surface area contributed by atoms with Crippen molar-refractivity contribution < 1.29 is 12.9 Å². The van der Waals surface area contributed by atoms with E-state index in [2.05, 4.69) is 25.5 Å². The fourth-order valence-electron chi connectivity index (χ4n) is 2.70. The van der Waals surface area contributed by atoms with Gasteiger partial charge < -0.3 is 15.2 Å². The van der Waals surface area contributed by atoms with Crippen molar-refractivity contribution in [2.24, 2.45) is 4.99 Å². The summed E-state index contributed by atoms with van der Waals surface area (Å²) in [5.74, 6) is 1.45. The molecule has 9 heteroatoms. The van der Waals surface area contributed by atoms with Crippen LogP contribution in [0.15, 0.2) is 38.7 Å². The van der Waals surface area contributed by atoms with Crippen LogP contribution in [0.4, 0.5) is 0 Å². The van der Waals surface area contributed by atoms with E-state index in [0.29, 0.717) is 19.0 Å². The first-order valence-corrected chi connectivity index (χ1v) is 10.9. The molecule has 0 aliphatic rings. The van der Waals surface area contributed by atoms with Gasteiger partial charge in [0.1, 0.15) is 5.76 Å². The Labute approximate surface area is 166 Å². The molecule has 28 heavy (non-hydrogen) atoms. The van der Waals surface area contributed by atoms with Crippen LogP contribution < -0.4 is 15.4 Å². The molecule has 2 aromatic rings. The van der Waals surface area contributed by atoms with E-state index in [0.717, 1.165) is 35.4 Å². The van der Waals surface area contributed by atoms with E-state index in [9.17, 15) is 8.42 Å². The Morgan fingerprint density at radius 2 is 1.82 bits per heavy atom. The lowest BCUT2D eigenvalue weighted by Gasteiger charge is -2.13. The molecule has 0 saturated heterocycles. The van der Waals surface area contributed by atoms with Crippen LogP contribution in [-0.2, 0) is 29.4 Å². The number of sulfonamides is 1. The Balaban J connectivity index is 1.83. The van der Waals surface area contributed by atoms with Crippen LogP contribution in [0.5, 0.6) is 0 Å². The molecule has 0 spiro atoms. The zero-order chi connectivity index (χ0) is 20.6. The molecule has 3 N–H and O–H groups in total. The maximum absolute atomic E-state index is 12.3. The van der Waals surface area contributed by atoms with Crippen molar-refractivity contribution in [1.29, 1.82) is 0 Å². The number of aryl methyl sites for hydroxylation is 3. The van der Waals surface area contributed by atoms with E-state index in [4.69, 9.17) is 4.52 Å². The topological polar surface area (TPSA) is 109 Å². The summed E-state index contributed by atoms with van der Waals surface area (Å²) < 4.78 is 32.5. The number of nitrogens with one attached hydrogen (secondary N) is 3. The lowest BCUT2D eigenvalue weighted by Crippen LogP contribution is -2.41. The van der Waals surface area contributed by atoms with Gasteiger partial charge in [0.2, 0.25) is 10.0 Å². The molecule has 0 saturated carbocycles. The third-order valence-electron chi connectivity index (χ3n) is 4.30. The summed E-state index contributed by atoms with van der Waals surface area (Å²) >= 11 is 0. The Morgan fingerprint density at radius 1 is 1.11 bits per heavy atom. The number of nitrogens with zero attached hydrogens (tertiary/aromatic N) is 2. The van der Waals surface area contributed by atoms with Gasteiger partial charge in [-0.25, -0.2) is 13.1 Å². The van der Waals surface area contributed by atoms with Crippen molar-refractivity contribution >= 4 is 16.0 Å². The SMILES string of the molecule is CCc1noc(CC)c1CNC(=NC)NCCNS(=O)(=O)c1ccc(C)cc1. The maximum Gasteiger partial charge on any atom is 0.240 e. The van der Waals surface area contributed by atoms with E-state index in [-0.39, 0.29) is 11.4 Å². The molecule has 2 rings (SSSR count). The minimum absolute atomic E-state index is 0.241. The predicted octanol–water partition coefficient (Wildman–Crippen LogP) is 1.75. The van der Waals surface area contributed by atoms with Crippen LogP contribution >= 0.6 is 0 Å². The highest BCUT2D eigenvalue weighted by Crippen LogP contribution is 2.15. The van der Waals surface area contributed by atoms with Crippen LogP contribution in [0, 0.1) is 6.92 Å². The van der Waals surface area contributed by atoms with Gasteiger partial charge in [-0.1, -0.05) is 36.7 Å². The number of hydrogen-bond acceptors (Lipinski definition) is 5. The van der Waals surface area contributed by atoms with Crippen LogP contribution in [0.3, 0.4) is 0 Å². The van der Waals surface area contributed by atoms with Crippen molar-refractivity contribution in [2.75, 3.05) is 20.1 Å². The van der Waals surface area contributed by atoms with Gasteiger partial charge >= 0.3 is 0 Å². The lowest BCUT2D eigenvalue weighted by molar-refractivity contribution is 0.380. The Hall–Kier alpha value is -2.39. The quantitative estimate of drug-likeness (QED) is 0.332. The molecule has 0 radical (unpaired) electrons. The molecule has 0 atom stereocenters. The molecule has 0 bridgehead atoms. The number of rotatable bonds is 9. The summed E-state index contributed by atoms with van der Waals surface area (Å²) in [6, 6.07) is 6.75. The van der Waals surface area contributed by atoms with Crippen molar-refractivity contribution in [1.82, 2.24) is 20.5 Å². The van der Waals surface area contributed by atoms with Gasteiger partial charge in [-0.15, -0.1) is 0 Å². The standard InChI is InChI=1S/C19H29N5O3S/c1-5-17-16(18(6-2)27-24-17)13-22-19(20-4)21-11-12-23-28(25,26)15-9-7-14(3)8-10-15/h7-10,23H,5-6,11-13H2,1-4H3,(H2,20,21,22). The second-order valence-corrected chi connectivity index (χ2v) is 8.07. The smallest absolute Gasteiger partial charge is 0.240 e. The number of guanidine groups is 1. The first kappa shape index (κ1) is 21.9. The first-order valence-electron chi connectivity index (χ1n) is 9.38. The van der Waals surface area contributed by atoms with Crippen LogP contribution in [0.1, 0.15) is 36.4 Å². The molecular formula is C19H29N5O3S. The Morgan fingerprint density at radius 3 is 2.43 bits per heavy atom. The van der Waals surface area contributed by atoms with Gasteiger partial charge in [0.05, 0.1) is 10.6 Å². The van der Waals surface area contributed by atoms with E-state index in [1.807, 2.05) is 20.8 Å². The largest absolute Gasteiger partial charge is 0.361 e. The molecule has 1 aromatic carbocycles. The van der Waals surface area contributed by atoms with Gasteiger partial charge in [0.25, 0.3) is 0 Å². The number of hydrogen-bond donors (Lipinski definition) is 3. The fourth-order valence-corrected chi connectivity index (χ4v) is 3.73. The van der Waals surface area contributed by atoms with Crippen molar-refractivity contribution in [3.8, 4) is 0 Å². The molecular weight excluding hydrogens is 378 g/mol. The summed E-state index contributed by atoms with van der Waals surface area (Å²) in [5.41, 5.74) is 3.00. The average molecular weight is 408 g/mol. The molecule has 0 unspecified atom stereocenters. The molecule has 0 aliphatic carbocycles. The van der Waals surface area contributed by atoms with E-state index in [1.165, 1.54) is 0 Å². The van der Waals surface area contributed by atoms with Crippen molar-refractivity contribution in [3.63, 3.8) is 0 Å². The number of aromatic nitrogens is 1. The monoisotopic (exact) mass is 407 g/mol. The summed E-state index contributed by atoms with van der Waals surface area (Å²) in [6.45, 7) is 7.16. The Bertz CT molecular complexity index is 867. The van der Waals surface area contributed by atoms with E-state index < -0.39 is 10.0 Å². The van der Waals surface area contributed by atoms with Crippen LogP contribution in [0.2, 0.25) is 0 Å². The highest BCUT2D eigenvalue weighted by molar-refractivity contribution is 7.89. The summed E-state index contributed by atoms with van der Waals surface area (Å²) in [7, 11) is -1.85. The van der Waals surface area contributed by atoms with E-state index in [1.54, 1.807) is 31.3 Å². The van der Waals surface area contributed by atoms with E-state index >= 15 is 0 Å². The second kappa shape index (κ2) is 10.2. The fraction of sp³-hybridized carbons (Fsp3) is 0.474. The normalized spacial score (nSPS) is 12.2. The molecule has 0 fully saturated rings. The molecule has 1 aromatic heterocycles. The van der Waals surface area contributed by atoms with Gasteiger partial charge in [-0.3, -0.25) is 4.99 Å². The van der Waals surface area contributed by atoms with Crippen molar-refractivity contribution in [3.05, 3.63) is 46.8 Å². The van der Waals surface area contributed by atoms with Crippen molar-refractivity contribution in [2.45, 2.75) is 45.1 Å². The zero-order valence-electron chi connectivity index (χ0n) is 16.9. The number of benzene rings is 1. The summed E-state index contributed by atoms with van der Waals surface area (Å²) in [6.07, 6.45) is 1.57. The van der Waals surface area contributed by atoms with Gasteiger partial charge in [-0.05, 0) is 25.5 Å². The second-order valence-electron chi connectivity index (χ2n) is 6.30. The molecule has 0 amide bonds. The predicted molar refractivity (Wildman–Crippen MR) is 110 cm³/mol. The summed E-state index contributed by atoms with van der Waals surface area (Å²) in [4.78, 5) is 4.42. The zero-order valence-corrected chi connectivity index (χ0v) is 17.7. The van der Waals surface area contributed by atoms with Gasteiger partial charge in [0.15, 0.2) is 5.96 Å². The molecule has 0 aliphatic heterocycles. The van der Waals surface area contributed by atoms with Crippen LogP contribution in [-0.4, -0.2) is 39.7 Å². The first-order chi connectivity index (χ1) is 13.4. The Kier molecular flexibility index (Phi) is 8.01. The highest BCUT2D eigenvalue weighted by atomic mass is 32.2. The molecule has 154 valence electrons. The third-order valence-corrected chi connectivity index (χ3v) is 5.78. The highest BCUT2D eigenvalue weighted by Gasteiger charge is 2.14. The minimum atomic E-state index is -3.52. The van der Waals surface area contributed by atoms with Crippen LogP contribution in [0.25, 0.3) is 0 Å². The van der Waals surface area contributed by atoms with Gasteiger partial charge in [-0.2, -0.15) is 0 Å². The average Bonchev–Trinajstić information content (AvgIpc) is 3.09. The number of aliphatic imine (C=N–C) groups is 1. The molecule has 1 heterocycles. The lowest BCUT2D eigenvalue weighted by atomic mass is 10.1. The minimum Gasteiger partial charge on any atom is -0.361 e. The summed E-state index contributed by atoms with van der Waals surface area (Å²) in [5, 5.41) is 10.4. The third kappa shape index (κ3) is 5.80. The molecule has 8 nitrogen and oxygen atoms in total.